The first-order valence-corrected chi connectivity index (χ1v) is 8.28. The van der Waals surface area contributed by atoms with Gasteiger partial charge >= 0.3 is 0 Å². The van der Waals surface area contributed by atoms with Crippen molar-refractivity contribution in [3.63, 3.8) is 0 Å². The van der Waals surface area contributed by atoms with E-state index in [9.17, 15) is 4.79 Å². The third-order valence-electron chi connectivity index (χ3n) is 4.07. The molecular weight excluding hydrogens is 336 g/mol. The third kappa shape index (κ3) is 3.94. The Kier molecular flexibility index (Phi) is 5.69. The van der Waals surface area contributed by atoms with Gasteiger partial charge in [-0.05, 0) is 0 Å². The normalized spacial score (nSPS) is 17.2. The highest BCUT2D eigenvalue weighted by atomic mass is 16.5. The lowest BCUT2D eigenvalue weighted by atomic mass is 10.0. The first kappa shape index (κ1) is 18.2. The predicted molar refractivity (Wildman–Crippen MR) is 94.5 cm³/mol. The molecule has 0 N–H and O–H groups in total. The highest BCUT2D eigenvalue weighted by Gasteiger charge is 2.29. The van der Waals surface area contributed by atoms with E-state index in [-0.39, 0.29) is 18.6 Å². The lowest BCUT2D eigenvalue weighted by Gasteiger charge is -2.33. The summed E-state index contributed by atoms with van der Waals surface area (Å²) in [6.07, 6.45) is 6.28. The molecule has 9 heteroatoms. The van der Waals surface area contributed by atoms with Crippen LogP contribution in [-0.2, 0) is 14.3 Å². The molecule has 0 aromatic carbocycles. The summed E-state index contributed by atoms with van der Waals surface area (Å²) < 4.78 is 10.9. The molecule has 0 unspecified atom stereocenters. The molecule has 26 heavy (non-hydrogen) atoms. The number of nitrogens with zero attached hydrogens (tertiary/aromatic N) is 6. The SMILES string of the molecule is COCC(=O)N1CCO[C@H](c2nc(N(C)C)ncc2-c2cncnc2)C1. The number of hydrogen-bond acceptors (Lipinski definition) is 8. The van der Waals surface area contributed by atoms with Crippen LogP contribution >= 0.6 is 0 Å². The van der Waals surface area contributed by atoms with Gasteiger partial charge in [-0.3, -0.25) is 4.79 Å². The first-order valence-electron chi connectivity index (χ1n) is 8.28. The summed E-state index contributed by atoms with van der Waals surface area (Å²) in [6, 6.07) is 0. The lowest BCUT2D eigenvalue weighted by Crippen LogP contribution is -2.44. The quantitative estimate of drug-likeness (QED) is 0.765. The van der Waals surface area contributed by atoms with Crippen molar-refractivity contribution in [1.29, 1.82) is 0 Å². The molecule has 0 aliphatic carbocycles. The standard InChI is InChI=1S/C17H22N6O3/c1-22(2)17-20-8-13(12-6-18-11-19-7-12)16(21-17)14-9-23(4-5-26-14)15(24)10-25-3/h6-8,11,14H,4-5,9-10H2,1-3H3/t14-/m0/s1. The van der Waals surface area contributed by atoms with Crippen molar-refractivity contribution in [2.24, 2.45) is 0 Å². The van der Waals surface area contributed by atoms with Crippen LogP contribution in [0, 0.1) is 0 Å². The summed E-state index contributed by atoms with van der Waals surface area (Å²) >= 11 is 0. The monoisotopic (exact) mass is 358 g/mol. The Morgan fingerprint density at radius 3 is 2.81 bits per heavy atom. The summed E-state index contributed by atoms with van der Waals surface area (Å²) in [6.45, 7) is 1.44. The van der Waals surface area contributed by atoms with Crippen molar-refractivity contribution < 1.29 is 14.3 Å². The van der Waals surface area contributed by atoms with Gasteiger partial charge in [-0.25, -0.2) is 19.9 Å². The minimum atomic E-state index is -0.360. The molecule has 1 atom stereocenters. The second-order valence-electron chi connectivity index (χ2n) is 6.12. The van der Waals surface area contributed by atoms with E-state index < -0.39 is 0 Å². The lowest BCUT2D eigenvalue weighted by molar-refractivity contribution is -0.143. The smallest absolute Gasteiger partial charge is 0.248 e. The van der Waals surface area contributed by atoms with Crippen molar-refractivity contribution in [1.82, 2.24) is 24.8 Å². The zero-order valence-corrected chi connectivity index (χ0v) is 15.1. The molecule has 0 radical (unpaired) electrons. The molecule has 1 fully saturated rings. The maximum atomic E-state index is 12.2. The number of rotatable bonds is 5. The van der Waals surface area contributed by atoms with Crippen LogP contribution in [0.2, 0.25) is 0 Å². The first-order chi connectivity index (χ1) is 12.6. The Morgan fingerprint density at radius 2 is 2.12 bits per heavy atom. The fourth-order valence-corrected chi connectivity index (χ4v) is 2.76. The Labute approximate surface area is 152 Å². The van der Waals surface area contributed by atoms with Gasteiger partial charge in [0.1, 0.15) is 19.0 Å². The number of morpholine rings is 1. The Hall–Kier alpha value is -2.65. The highest BCUT2D eigenvalue weighted by Crippen LogP contribution is 2.30. The number of amides is 1. The van der Waals surface area contributed by atoms with Crippen molar-refractivity contribution in [3.05, 3.63) is 30.6 Å². The van der Waals surface area contributed by atoms with E-state index in [1.54, 1.807) is 23.5 Å². The summed E-state index contributed by atoms with van der Waals surface area (Å²) in [5.41, 5.74) is 2.31. The van der Waals surface area contributed by atoms with E-state index in [4.69, 9.17) is 9.47 Å². The molecule has 3 heterocycles. The van der Waals surface area contributed by atoms with Crippen LogP contribution in [0.15, 0.2) is 24.9 Å². The summed E-state index contributed by atoms with van der Waals surface area (Å²) in [5.74, 6) is 0.511. The predicted octanol–water partition coefficient (Wildman–Crippen LogP) is 0.546. The zero-order valence-electron chi connectivity index (χ0n) is 15.1. The Bertz CT molecular complexity index is 755. The van der Waals surface area contributed by atoms with Crippen LogP contribution < -0.4 is 4.90 Å². The average Bonchev–Trinajstić information content (AvgIpc) is 2.68. The van der Waals surface area contributed by atoms with Gasteiger partial charge < -0.3 is 19.3 Å². The Balaban J connectivity index is 1.96. The van der Waals surface area contributed by atoms with Gasteiger partial charge in [0.2, 0.25) is 11.9 Å². The molecule has 138 valence electrons. The van der Waals surface area contributed by atoms with Crippen molar-refractivity contribution in [3.8, 4) is 11.1 Å². The molecule has 1 aliphatic heterocycles. The molecule has 2 aromatic rings. The molecule has 0 spiro atoms. The van der Waals surface area contributed by atoms with E-state index >= 15 is 0 Å². The molecule has 0 bridgehead atoms. The summed E-state index contributed by atoms with van der Waals surface area (Å²) in [5, 5.41) is 0. The summed E-state index contributed by atoms with van der Waals surface area (Å²) in [7, 11) is 5.26. The van der Waals surface area contributed by atoms with Crippen molar-refractivity contribution in [2.75, 3.05) is 52.4 Å². The van der Waals surface area contributed by atoms with Crippen LogP contribution in [0.25, 0.3) is 11.1 Å². The molecule has 0 saturated carbocycles. The van der Waals surface area contributed by atoms with Crippen molar-refractivity contribution >= 4 is 11.9 Å². The number of carbonyl (C=O) groups excluding carboxylic acids is 1. The second-order valence-corrected chi connectivity index (χ2v) is 6.12. The van der Waals surface area contributed by atoms with Gasteiger partial charge in [-0.1, -0.05) is 0 Å². The second kappa shape index (κ2) is 8.15. The largest absolute Gasteiger partial charge is 0.375 e. The summed E-state index contributed by atoms with van der Waals surface area (Å²) in [4.78, 5) is 33.0. The van der Waals surface area contributed by atoms with Gasteiger partial charge in [0, 0.05) is 57.5 Å². The maximum Gasteiger partial charge on any atom is 0.248 e. The van der Waals surface area contributed by atoms with E-state index in [0.717, 1.165) is 11.1 Å². The van der Waals surface area contributed by atoms with Crippen LogP contribution in [0.1, 0.15) is 11.8 Å². The number of aromatic nitrogens is 4. The topological polar surface area (TPSA) is 93.6 Å². The minimum absolute atomic E-state index is 0.0544. The van der Waals surface area contributed by atoms with E-state index in [1.165, 1.54) is 13.4 Å². The van der Waals surface area contributed by atoms with Crippen molar-refractivity contribution in [2.45, 2.75) is 6.10 Å². The van der Waals surface area contributed by atoms with Crippen LogP contribution in [0.4, 0.5) is 5.95 Å². The average molecular weight is 358 g/mol. The molecular formula is C17H22N6O3. The molecule has 3 rings (SSSR count). The molecule has 2 aromatic heterocycles. The Morgan fingerprint density at radius 1 is 1.35 bits per heavy atom. The fraction of sp³-hybridized carbons (Fsp3) is 0.471. The molecule has 9 nitrogen and oxygen atoms in total. The van der Waals surface area contributed by atoms with E-state index in [2.05, 4.69) is 19.9 Å². The van der Waals surface area contributed by atoms with E-state index in [1.807, 2.05) is 19.0 Å². The highest BCUT2D eigenvalue weighted by molar-refractivity contribution is 5.77. The molecule has 1 aliphatic rings. The van der Waals surface area contributed by atoms with Gasteiger partial charge in [-0.15, -0.1) is 0 Å². The zero-order chi connectivity index (χ0) is 18.5. The number of carbonyl (C=O) groups is 1. The van der Waals surface area contributed by atoms with Gasteiger partial charge in [-0.2, -0.15) is 0 Å². The number of methoxy groups -OCH3 is 1. The number of anilines is 1. The number of ether oxygens (including phenoxy) is 2. The van der Waals surface area contributed by atoms with Crippen LogP contribution in [-0.4, -0.2) is 78.3 Å². The van der Waals surface area contributed by atoms with Gasteiger partial charge in [0.05, 0.1) is 18.8 Å². The van der Waals surface area contributed by atoms with Gasteiger partial charge in [0.25, 0.3) is 0 Å². The van der Waals surface area contributed by atoms with Gasteiger partial charge in [0.15, 0.2) is 0 Å². The molecule has 1 saturated heterocycles. The third-order valence-corrected chi connectivity index (χ3v) is 4.07. The van der Waals surface area contributed by atoms with Crippen LogP contribution in [0.5, 0.6) is 0 Å². The minimum Gasteiger partial charge on any atom is -0.375 e. The maximum absolute atomic E-state index is 12.2. The number of hydrogen-bond donors (Lipinski definition) is 0. The van der Waals surface area contributed by atoms with E-state index in [0.29, 0.717) is 31.3 Å². The van der Waals surface area contributed by atoms with Crippen LogP contribution in [0.3, 0.4) is 0 Å². The molecule has 1 amide bonds. The fourth-order valence-electron chi connectivity index (χ4n) is 2.76.